The van der Waals surface area contributed by atoms with Crippen LogP contribution < -0.4 is 14.4 Å². The Labute approximate surface area is 246 Å². The van der Waals surface area contributed by atoms with E-state index in [-0.39, 0.29) is 39.4 Å². The van der Waals surface area contributed by atoms with Crippen LogP contribution in [0, 0.1) is 0 Å². The number of anilines is 1. The first-order valence-electron chi connectivity index (χ1n) is 13.3. The Balaban J connectivity index is 1.82. The predicted octanol–water partition coefficient (Wildman–Crippen LogP) is 5.11. The van der Waals surface area contributed by atoms with E-state index in [1.54, 1.807) is 75.4 Å². The number of hydrogen-bond donors (Lipinski definition) is 0. The number of allylic oxidation sites excluding steroid dienone is 1. The number of carbonyl (C=O) groups excluding carboxylic acids is 6. The summed E-state index contributed by atoms with van der Waals surface area (Å²) < 4.78 is 16.1. The number of fused-ring (bicyclic) bond motifs is 2. The molecular formula is C33H27NO9. The van der Waals surface area contributed by atoms with E-state index in [2.05, 4.69) is 0 Å². The second-order valence-corrected chi connectivity index (χ2v) is 11.0. The van der Waals surface area contributed by atoms with Crippen LogP contribution in [0.1, 0.15) is 66.5 Å². The molecule has 0 saturated heterocycles. The molecule has 2 aliphatic rings. The van der Waals surface area contributed by atoms with Crippen molar-refractivity contribution in [1.29, 1.82) is 0 Å². The monoisotopic (exact) mass is 581 g/mol. The van der Waals surface area contributed by atoms with Crippen LogP contribution in [0.4, 0.5) is 10.5 Å². The molecule has 1 heterocycles. The summed E-state index contributed by atoms with van der Waals surface area (Å²) in [5, 5.41) is 0. The SMILES string of the molecule is CC(=O)Oc1ccc(OC(C)=O)c2c1C(=O)C=C([C@]1(c3ccccc3)C(=O)N(C(=O)OC(C)(C)C)c3ccccc31)C2=O. The lowest BCUT2D eigenvalue weighted by atomic mass is 9.65. The maximum Gasteiger partial charge on any atom is 0.421 e. The summed E-state index contributed by atoms with van der Waals surface area (Å²) in [6.07, 6.45) is 0.0475. The summed E-state index contributed by atoms with van der Waals surface area (Å²) in [5.41, 5.74) is -3.13. The number of rotatable bonds is 4. The Morgan fingerprint density at radius 3 is 1.88 bits per heavy atom. The number of imide groups is 1. The predicted molar refractivity (Wildman–Crippen MR) is 153 cm³/mol. The van der Waals surface area contributed by atoms with Crippen molar-refractivity contribution in [2.24, 2.45) is 0 Å². The number of para-hydroxylation sites is 1. The van der Waals surface area contributed by atoms with E-state index in [0.717, 1.165) is 24.8 Å². The van der Waals surface area contributed by atoms with Gasteiger partial charge in [0.05, 0.1) is 16.8 Å². The van der Waals surface area contributed by atoms with E-state index in [1.165, 1.54) is 12.1 Å². The first-order valence-corrected chi connectivity index (χ1v) is 13.3. The molecule has 1 aliphatic heterocycles. The van der Waals surface area contributed by atoms with E-state index in [0.29, 0.717) is 5.56 Å². The molecule has 0 fully saturated rings. The molecule has 1 atom stereocenters. The van der Waals surface area contributed by atoms with Gasteiger partial charge in [0, 0.05) is 25.0 Å². The molecule has 10 heteroatoms. The quantitative estimate of drug-likeness (QED) is 0.304. The van der Waals surface area contributed by atoms with Crippen molar-refractivity contribution in [2.45, 2.75) is 45.6 Å². The van der Waals surface area contributed by atoms with Gasteiger partial charge in [0.15, 0.2) is 11.6 Å². The van der Waals surface area contributed by atoms with Crippen LogP contribution in [0.5, 0.6) is 11.5 Å². The first kappa shape index (κ1) is 29.1. The number of ether oxygens (including phenoxy) is 3. The van der Waals surface area contributed by atoms with Crippen molar-refractivity contribution in [3.63, 3.8) is 0 Å². The van der Waals surface area contributed by atoms with Crippen molar-refractivity contribution < 1.29 is 43.0 Å². The normalized spacial score (nSPS) is 17.6. The van der Waals surface area contributed by atoms with Gasteiger partial charge >= 0.3 is 18.0 Å². The summed E-state index contributed by atoms with van der Waals surface area (Å²) in [7, 11) is 0. The first-order chi connectivity index (χ1) is 20.3. The highest BCUT2D eigenvalue weighted by molar-refractivity contribution is 6.34. The van der Waals surface area contributed by atoms with Crippen molar-refractivity contribution in [1.82, 2.24) is 0 Å². The number of carbonyl (C=O) groups is 6. The van der Waals surface area contributed by atoms with E-state index in [1.807, 2.05) is 0 Å². The lowest BCUT2D eigenvalue weighted by Gasteiger charge is -2.33. The molecule has 3 aromatic rings. The number of esters is 2. The minimum atomic E-state index is -1.98. The number of nitrogens with zero attached hydrogens (tertiary/aromatic N) is 1. The molecule has 2 amide bonds. The van der Waals surface area contributed by atoms with Crippen molar-refractivity contribution >= 4 is 41.2 Å². The van der Waals surface area contributed by atoms with Gasteiger partial charge in [0.2, 0.25) is 0 Å². The zero-order valence-corrected chi connectivity index (χ0v) is 24.0. The number of amides is 2. The third-order valence-corrected chi connectivity index (χ3v) is 6.89. The number of Topliss-reactive ketones (excluding diaryl/α,β-unsaturated/α-hetero) is 1. The summed E-state index contributed by atoms with van der Waals surface area (Å²) >= 11 is 0. The van der Waals surface area contributed by atoms with Crippen LogP contribution in [0.3, 0.4) is 0 Å². The molecule has 0 radical (unpaired) electrons. The molecule has 1 aliphatic carbocycles. The van der Waals surface area contributed by atoms with Crippen molar-refractivity contribution in [3.8, 4) is 11.5 Å². The topological polar surface area (TPSA) is 133 Å². The number of ketones is 2. The maximum atomic E-state index is 14.7. The fraction of sp³-hybridized carbons (Fsp3) is 0.212. The van der Waals surface area contributed by atoms with Crippen LogP contribution in [0.15, 0.2) is 78.4 Å². The molecular weight excluding hydrogens is 554 g/mol. The molecule has 0 bridgehead atoms. The average Bonchev–Trinajstić information content (AvgIpc) is 3.19. The van der Waals surface area contributed by atoms with Gasteiger partial charge in [-0.2, -0.15) is 0 Å². The van der Waals surface area contributed by atoms with Gasteiger partial charge in [-0.15, -0.1) is 0 Å². The standard InChI is InChI=1S/C33H27NO9/c1-18(35)41-25-15-16-26(42-19(2)36)28-27(25)24(37)17-22(29(28)38)33(20-11-7-6-8-12-20)21-13-9-10-14-23(21)34(30(33)39)31(40)43-32(3,4)5/h6-17H,1-5H3/t33-/m1/s1. The molecule has 0 saturated carbocycles. The second kappa shape index (κ2) is 10.5. The van der Waals surface area contributed by atoms with Gasteiger partial charge in [-0.05, 0) is 50.6 Å². The Morgan fingerprint density at radius 2 is 1.30 bits per heavy atom. The molecule has 0 N–H and O–H groups in total. The van der Waals surface area contributed by atoms with Gasteiger partial charge in [-0.3, -0.25) is 24.0 Å². The highest BCUT2D eigenvalue weighted by Crippen LogP contribution is 2.53. The number of hydrogen-bond acceptors (Lipinski definition) is 9. The summed E-state index contributed by atoms with van der Waals surface area (Å²) in [4.78, 5) is 81.4. The fourth-order valence-electron chi connectivity index (χ4n) is 5.45. The molecule has 0 aromatic heterocycles. The molecule has 0 spiro atoms. The molecule has 10 nitrogen and oxygen atoms in total. The summed E-state index contributed by atoms with van der Waals surface area (Å²) in [6, 6.07) is 17.2. The molecule has 5 rings (SSSR count). The smallest absolute Gasteiger partial charge is 0.421 e. The third-order valence-electron chi connectivity index (χ3n) is 6.89. The Kier molecular flexibility index (Phi) is 7.09. The minimum absolute atomic E-state index is 0.173. The van der Waals surface area contributed by atoms with Gasteiger partial charge in [0.1, 0.15) is 22.5 Å². The fourth-order valence-corrected chi connectivity index (χ4v) is 5.45. The summed E-state index contributed by atoms with van der Waals surface area (Å²) in [6.45, 7) is 7.22. The van der Waals surface area contributed by atoms with E-state index in [9.17, 15) is 28.8 Å². The van der Waals surface area contributed by atoms with Crippen molar-refractivity contribution in [2.75, 3.05) is 4.90 Å². The highest BCUT2D eigenvalue weighted by atomic mass is 16.6. The van der Waals surface area contributed by atoms with Crippen LogP contribution in [-0.4, -0.2) is 41.1 Å². The lowest BCUT2D eigenvalue weighted by Crippen LogP contribution is -2.48. The maximum absolute atomic E-state index is 14.7. The Morgan fingerprint density at radius 1 is 0.744 bits per heavy atom. The van der Waals surface area contributed by atoms with Gasteiger partial charge in [-0.25, -0.2) is 9.69 Å². The Hall–Kier alpha value is -5.38. The zero-order valence-electron chi connectivity index (χ0n) is 24.0. The highest BCUT2D eigenvalue weighted by Gasteiger charge is 2.59. The van der Waals surface area contributed by atoms with E-state index in [4.69, 9.17) is 14.2 Å². The average molecular weight is 582 g/mol. The number of benzene rings is 3. The summed E-state index contributed by atoms with van der Waals surface area (Å²) in [5.74, 6) is -4.43. The lowest BCUT2D eigenvalue weighted by molar-refractivity contribution is -0.133. The second-order valence-electron chi connectivity index (χ2n) is 11.0. The molecule has 218 valence electrons. The van der Waals surface area contributed by atoms with E-state index < -0.39 is 46.5 Å². The van der Waals surface area contributed by atoms with Crippen LogP contribution in [-0.2, 0) is 24.5 Å². The molecule has 3 aromatic carbocycles. The molecule has 0 unspecified atom stereocenters. The third kappa shape index (κ3) is 4.80. The zero-order chi connectivity index (χ0) is 31.3. The van der Waals surface area contributed by atoms with Gasteiger partial charge in [-0.1, -0.05) is 48.5 Å². The minimum Gasteiger partial charge on any atom is -0.443 e. The Bertz CT molecular complexity index is 1760. The van der Waals surface area contributed by atoms with Crippen LogP contribution in [0.25, 0.3) is 0 Å². The van der Waals surface area contributed by atoms with Crippen LogP contribution in [0.2, 0.25) is 0 Å². The largest absolute Gasteiger partial charge is 0.443 e. The van der Waals surface area contributed by atoms with Crippen LogP contribution >= 0.6 is 0 Å². The van der Waals surface area contributed by atoms with Gasteiger partial charge < -0.3 is 14.2 Å². The molecule has 43 heavy (non-hydrogen) atoms. The van der Waals surface area contributed by atoms with Crippen molar-refractivity contribution in [3.05, 3.63) is 101 Å². The van der Waals surface area contributed by atoms with Gasteiger partial charge in [0.25, 0.3) is 5.91 Å². The van der Waals surface area contributed by atoms with E-state index >= 15 is 0 Å².